The molecule has 3 heteroatoms. The third kappa shape index (κ3) is 3.36. The van der Waals surface area contributed by atoms with Crippen LogP contribution in [0, 0.1) is 5.92 Å². The smallest absolute Gasteiger partial charge is 0.0471 e. The summed E-state index contributed by atoms with van der Waals surface area (Å²) in [6, 6.07) is 0. The van der Waals surface area contributed by atoms with Crippen molar-refractivity contribution in [3.05, 3.63) is 0 Å². The van der Waals surface area contributed by atoms with Crippen LogP contribution in [-0.2, 0) is 0 Å². The SMILES string of the molecule is CCC(CC)(CN1CCC(CO)C1)SC. The first-order chi connectivity index (χ1) is 7.19. The summed E-state index contributed by atoms with van der Waals surface area (Å²) in [4.78, 5) is 2.53. The van der Waals surface area contributed by atoms with E-state index >= 15 is 0 Å². The summed E-state index contributed by atoms with van der Waals surface area (Å²) in [6.45, 7) is 8.41. The highest BCUT2D eigenvalue weighted by atomic mass is 32.2. The maximum Gasteiger partial charge on any atom is 0.0471 e. The minimum atomic E-state index is 0.362. The summed E-state index contributed by atoms with van der Waals surface area (Å²) in [5, 5.41) is 9.12. The monoisotopic (exact) mass is 231 g/mol. The molecule has 90 valence electrons. The van der Waals surface area contributed by atoms with Crippen molar-refractivity contribution in [2.75, 3.05) is 32.5 Å². The summed E-state index contributed by atoms with van der Waals surface area (Å²) in [7, 11) is 0. The normalized spacial score (nSPS) is 23.6. The van der Waals surface area contributed by atoms with Gasteiger partial charge in [0, 0.05) is 24.4 Å². The average Bonchev–Trinajstić information content (AvgIpc) is 2.73. The zero-order chi connectivity index (χ0) is 11.3. The molecule has 1 atom stereocenters. The standard InChI is InChI=1S/C12H25NOS/c1-4-12(5-2,15-3)10-13-7-6-11(8-13)9-14/h11,14H,4-10H2,1-3H3. The molecule has 0 aromatic heterocycles. The van der Waals surface area contributed by atoms with Crippen molar-refractivity contribution in [3.8, 4) is 0 Å². The predicted octanol–water partition coefficient (Wildman–Crippen LogP) is 2.22. The molecule has 0 spiro atoms. The van der Waals surface area contributed by atoms with Gasteiger partial charge in [-0.05, 0) is 38.0 Å². The Hall–Kier alpha value is 0.270. The van der Waals surface area contributed by atoms with E-state index in [2.05, 4.69) is 25.0 Å². The van der Waals surface area contributed by atoms with Crippen LogP contribution in [0.5, 0.6) is 0 Å². The van der Waals surface area contributed by atoms with Gasteiger partial charge >= 0.3 is 0 Å². The number of thioether (sulfide) groups is 1. The van der Waals surface area contributed by atoms with Gasteiger partial charge in [-0.3, -0.25) is 0 Å². The van der Waals surface area contributed by atoms with Crippen LogP contribution in [0.15, 0.2) is 0 Å². The molecule has 1 fully saturated rings. The van der Waals surface area contributed by atoms with Crippen LogP contribution in [0.2, 0.25) is 0 Å². The van der Waals surface area contributed by atoms with Crippen LogP contribution in [0.3, 0.4) is 0 Å². The van der Waals surface area contributed by atoms with Crippen LogP contribution in [0.25, 0.3) is 0 Å². The molecule has 0 amide bonds. The van der Waals surface area contributed by atoms with E-state index in [1.807, 2.05) is 11.8 Å². The molecule has 1 unspecified atom stereocenters. The number of aliphatic hydroxyl groups excluding tert-OH is 1. The lowest BCUT2D eigenvalue weighted by Crippen LogP contribution is -2.39. The first-order valence-corrected chi connectivity index (χ1v) is 7.30. The Morgan fingerprint density at radius 2 is 2.07 bits per heavy atom. The van der Waals surface area contributed by atoms with E-state index in [1.54, 1.807) is 0 Å². The van der Waals surface area contributed by atoms with Crippen molar-refractivity contribution in [1.82, 2.24) is 4.90 Å². The molecule has 0 aromatic carbocycles. The van der Waals surface area contributed by atoms with Crippen LogP contribution in [-0.4, -0.2) is 47.3 Å². The average molecular weight is 231 g/mol. The molecule has 2 nitrogen and oxygen atoms in total. The fourth-order valence-corrected chi connectivity index (χ4v) is 3.33. The molecule has 1 N–H and O–H groups in total. The van der Waals surface area contributed by atoms with Crippen molar-refractivity contribution in [2.45, 2.75) is 37.9 Å². The molecule has 15 heavy (non-hydrogen) atoms. The number of nitrogens with zero attached hydrogens (tertiary/aromatic N) is 1. The Kier molecular flexibility index (Phi) is 5.44. The second-order valence-corrected chi connectivity index (χ2v) is 5.94. The van der Waals surface area contributed by atoms with Gasteiger partial charge in [0.05, 0.1) is 0 Å². The molecule has 0 saturated carbocycles. The first kappa shape index (κ1) is 13.3. The molecule has 0 radical (unpaired) electrons. The first-order valence-electron chi connectivity index (χ1n) is 6.08. The lowest BCUT2D eigenvalue weighted by atomic mass is 10.0. The van der Waals surface area contributed by atoms with Gasteiger partial charge in [0.1, 0.15) is 0 Å². The second-order valence-electron chi connectivity index (χ2n) is 4.67. The number of rotatable bonds is 6. The molecule has 1 aliphatic heterocycles. The number of aliphatic hydroxyl groups is 1. The van der Waals surface area contributed by atoms with E-state index in [0.29, 0.717) is 17.3 Å². The minimum absolute atomic E-state index is 0.362. The Bertz CT molecular complexity index is 174. The van der Waals surface area contributed by atoms with E-state index < -0.39 is 0 Å². The summed E-state index contributed by atoms with van der Waals surface area (Å²) in [5.74, 6) is 0.526. The summed E-state index contributed by atoms with van der Waals surface area (Å²) in [5.41, 5.74) is 0. The van der Waals surface area contributed by atoms with Crippen molar-refractivity contribution >= 4 is 11.8 Å². The largest absolute Gasteiger partial charge is 0.396 e. The summed E-state index contributed by atoms with van der Waals surface area (Å²) < 4.78 is 0.435. The molecular formula is C12H25NOS. The second kappa shape index (κ2) is 6.12. The van der Waals surface area contributed by atoms with E-state index in [1.165, 1.54) is 32.4 Å². The van der Waals surface area contributed by atoms with E-state index in [0.717, 1.165) is 6.54 Å². The Morgan fingerprint density at radius 1 is 1.40 bits per heavy atom. The fraction of sp³-hybridized carbons (Fsp3) is 1.00. The predicted molar refractivity (Wildman–Crippen MR) is 68.5 cm³/mol. The zero-order valence-electron chi connectivity index (χ0n) is 10.3. The van der Waals surface area contributed by atoms with Crippen molar-refractivity contribution < 1.29 is 5.11 Å². The topological polar surface area (TPSA) is 23.5 Å². The highest BCUT2D eigenvalue weighted by molar-refractivity contribution is 8.00. The Balaban J connectivity index is 2.45. The molecule has 0 aliphatic carbocycles. The molecule has 0 aromatic rings. The molecule has 1 heterocycles. The van der Waals surface area contributed by atoms with Gasteiger partial charge in [-0.25, -0.2) is 0 Å². The highest BCUT2D eigenvalue weighted by Crippen LogP contribution is 2.32. The fourth-order valence-electron chi connectivity index (χ4n) is 2.44. The minimum Gasteiger partial charge on any atom is -0.396 e. The number of hydrogen-bond acceptors (Lipinski definition) is 3. The highest BCUT2D eigenvalue weighted by Gasteiger charge is 2.31. The maximum absolute atomic E-state index is 9.12. The van der Waals surface area contributed by atoms with E-state index in [9.17, 15) is 0 Å². The van der Waals surface area contributed by atoms with Crippen LogP contribution in [0.4, 0.5) is 0 Å². The third-order valence-electron chi connectivity index (χ3n) is 3.86. The van der Waals surface area contributed by atoms with Crippen molar-refractivity contribution in [3.63, 3.8) is 0 Å². The zero-order valence-corrected chi connectivity index (χ0v) is 11.1. The summed E-state index contributed by atoms with van der Waals surface area (Å²) >= 11 is 2.01. The lowest BCUT2D eigenvalue weighted by molar-refractivity contribution is 0.215. The van der Waals surface area contributed by atoms with Gasteiger partial charge in [-0.1, -0.05) is 13.8 Å². The van der Waals surface area contributed by atoms with Gasteiger partial charge < -0.3 is 10.0 Å². The van der Waals surface area contributed by atoms with Crippen molar-refractivity contribution in [2.24, 2.45) is 5.92 Å². The molecule has 0 bridgehead atoms. The Labute approximate surface area is 98.4 Å². The number of likely N-dealkylation sites (tertiary alicyclic amines) is 1. The molecule has 1 saturated heterocycles. The maximum atomic E-state index is 9.12. The summed E-state index contributed by atoms with van der Waals surface area (Å²) in [6.07, 6.45) is 5.89. The van der Waals surface area contributed by atoms with Crippen LogP contribution in [0.1, 0.15) is 33.1 Å². The van der Waals surface area contributed by atoms with Gasteiger partial charge in [0.25, 0.3) is 0 Å². The number of hydrogen-bond donors (Lipinski definition) is 1. The van der Waals surface area contributed by atoms with Crippen LogP contribution >= 0.6 is 11.8 Å². The van der Waals surface area contributed by atoms with Crippen LogP contribution < -0.4 is 0 Å². The molecular weight excluding hydrogens is 206 g/mol. The molecule has 1 aliphatic rings. The quantitative estimate of drug-likeness (QED) is 0.758. The van der Waals surface area contributed by atoms with Gasteiger partial charge in [-0.2, -0.15) is 11.8 Å². The van der Waals surface area contributed by atoms with Gasteiger partial charge in [-0.15, -0.1) is 0 Å². The van der Waals surface area contributed by atoms with Gasteiger partial charge in [0.15, 0.2) is 0 Å². The lowest BCUT2D eigenvalue weighted by Gasteiger charge is -2.34. The van der Waals surface area contributed by atoms with E-state index in [-0.39, 0.29) is 0 Å². The Morgan fingerprint density at radius 3 is 2.47 bits per heavy atom. The third-order valence-corrected chi connectivity index (χ3v) is 5.43. The van der Waals surface area contributed by atoms with E-state index in [4.69, 9.17) is 5.11 Å². The van der Waals surface area contributed by atoms with Gasteiger partial charge in [0.2, 0.25) is 0 Å². The van der Waals surface area contributed by atoms with Crippen molar-refractivity contribution in [1.29, 1.82) is 0 Å². The molecule has 1 rings (SSSR count).